The molecule has 0 heterocycles. The molecule has 0 bridgehead atoms. The molecule has 0 saturated carbocycles. The third-order valence-electron chi connectivity index (χ3n) is 2.72. The van der Waals surface area contributed by atoms with E-state index in [9.17, 15) is 4.39 Å². The maximum atomic E-state index is 13.1. The Hall–Kier alpha value is -1.35. The molecule has 0 amide bonds. The summed E-state index contributed by atoms with van der Waals surface area (Å²) in [7, 11) is 0. The normalized spacial score (nSPS) is 13.3. The summed E-state index contributed by atoms with van der Waals surface area (Å²) in [6.45, 7) is 8.86. The van der Waals surface area contributed by atoms with Gasteiger partial charge in [-0.2, -0.15) is 0 Å². The van der Waals surface area contributed by atoms with E-state index in [1.165, 1.54) is 18.6 Å². The zero-order chi connectivity index (χ0) is 13.7. The molecule has 96 valence electrons. The molecule has 3 heteroatoms. The van der Waals surface area contributed by atoms with E-state index >= 15 is 0 Å². The Balaban J connectivity index is 3.15. The van der Waals surface area contributed by atoms with Crippen LogP contribution in [0, 0.1) is 0 Å². The Kier molecular flexibility index (Phi) is 5.35. The molecule has 1 aromatic rings. The summed E-state index contributed by atoms with van der Waals surface area (Å²) in [4.78, 5) is 5.17. The molecule has 0 spiro atoms. The zero-order valence-electron chi connectivity index (χ0n) is 11.0. The second-order valence-corrected chi connectivity index (χ2v) is 4.50. The van der Waals surface area contributed by atoms with Crippen molar-refractivity contribution in [3.63, 3.8) is 0 Å². The molecule has 0 fully saturated rings. The molecule has 0 aromatic heterocycles. The molecule has 1 aromatic carbocycles. The molecule has 0 aliphatic heterocycles. The lowest BCUT2D eigenvalue weighted by atomic mass is 10.1. The number of aliphatic imine (C=N–C) groups is 1. The van der Waals surface area contributed by atoms with Crippen LogP contribution in [0.3, 0.4) is 0 Å². The predicted molar refractivity (Wildman–Crippen MR) is 79.3 cm³/mol. The number of halogens is 1. The van der Waals surface area contributed by atoms with Crippen molar-refractivity contribution in [3.8, 4) is 0 Å². The number of rotatable bonds is 4. The largest absolute Gasteiger partial charge is 0.250 e. The number of aryl methyl sites for hydroxylation is 1. The smallest absolute Gasteiger partial charge is 0.122 e. The number of allylic oxidation sites excluding steroid dienone is 2. The highest BCUT2D eigenvalue weighted by Gasteiger charge is 2.03. The maximum absolute atomic E-state index is 13.1. The maximum Gasteiger partial charge on any atom is 0.122 e. The van der Waals surface area contributed by atoms with Gasteiger partial charge in [-0.05, 0) is 43.5 Å². The average Bonchev–Trinajstić information content (AvgIpc) is 2.35. The predicted octanol–water partition coefficient (Wildman–Crippen LogP) is 4.73. The lowest BCUT2D eigenvalue weighted by Crippen LogP contribution is -1.97. The topological polar surface area (TPSA) is 12.4 Å². The van der Waals surface area contributed by atoms with E-state index in [2.05, 4.69) is 31.1 Å². The first kappa shape index (κ1) is 14.7. The fraction of sp³-hybridized carbons (Fsp3) is 0.267. The highest BCUT2D eigenvalue weighted by molar-refractivity contribution is 7.80. The fourth-order valence-electron chi connectivity index (χ4n) is 1.60. The SMILES string of the molecule is C=C/C(N=C(C)c1ccc(CC)c(S)c1)=C(/C)F. The van der Waals surface area contributed by atoms with Crippen molar-refractivity contribution < 1.29 is 4.39 Å². The van der Waals surface area contributed by atoms with Crippen LogP contribution in [0.2, 0.25) is 0 Å². The standard InChI is InChI=1S/C15H18FNS/c1-5-12-7-8-13(9-15(12)18)11(4)17-14(6-2)10(3)16/h6-9,18H,2,5H2,1,3-4H3/b14-10+,17-11?. The minimum atomic E-state index is -0.333. The van der Waals surface area contributed by atoms with Gasteiger partial charge in [-0.3, -0.25) is 4.99 Å². The van der Waals surface area contributed by atoms with Gasteiger partial charge in [-0.15, -0.1) is 12.6 Å². The lowest BCUT2D eigenvalue weighted by molar-refractivity contribution is 0.630. The molecular formula is C15H18FNS. The Bertz CT molecular complexity index is 511. The summed E-state index contributed by atoms with van der Waals surface area (Å²) in [5.74, 6) is -0.333. The monoisotopic (exact) mass is 263 g/mol. The van der Waals surface area contributed by atoms with Crippen LogP contribution in [-0.2, 0) is 6.42 Å². The van der Waals surface area contributed by atoms with Crippen LogP contribution in [0.1, 0.15) is 31.9 Å². The van der Waals surface area contributed by atoms with Gasteiger partial charge in [0.1, 0.15) is 5.83 Å². The van der Waals surface area contributed by atoms with Gasteiger partial charge in [0.2, 0.25) is 0 Å². The van der Waals surface area contributed by atoms with E-state index < -0.39 is 0 Å². The Morgan fingerprint density at radius 2 is 2.11 bits per heavy atom. The molecule has 0 saturated heterocycles. The van der Waals surface area contributed by atoms with Crippen LogP contribution in [0.15, 0.2) is 52.3 Å². The fourth-order valence-corrected chi connectivity index (χ4v) is 1.97. The molecule has 1 rings (SSSR count). The molecule has 0 radical (unpaired) electrons. The molecule has 0 aliphatic carbocycles. The summed E-state index contributed by atoms with van der Waals surface area (Å²) in [6.07, 6.45) is 2.36. The lowest BCUT2D eigenvalue weighted by Gasteiger charge is -2.06. The molecule has 18 heavy (non-hydrogen) atoms. The van der Waals surface area contributed by atoms with Gasteiger partial charge in [-0.1, -0.05) is 25.6 Å². The van der Waals surface area contributed by atoms with Crippen LogP contribution in [0.5, 0.6) is 0 Å². The van der Waals surface area contributed by atoms with E-state index in [4.69, 9.17) is 0 Å². The first-order valence-electron chi connectivity index (χ1n) is 5.86. The van der Waals surface area contributed by atoms with E-state index in [-0.39, 0.29) is 11.5 Å². The second-order valence-electron chi connectivity index (χ2n) is 4.02. The molecule has 0 N–H and O–H groups in total. The zero-order valence-corrected chi connectivity index (χ0v) is 11.9. The van der Waals surface area contributed by atoms with Gasteiger partial charge in [0.15, 0.2) is 0 Å². The van der Waals surface area contributed by atoms with E-state index in [0.717, 1.165) is 22.6 Å². The third kappa shape index (κ3) is 3.57. The van der Waals surface area contributed by atoms with E-state index in [1.807, 2.05) is 25.1 Å². The molecule has 0 atom stereocenters. The quantitative estimate of drug-likeness (QED) is 0.458. The van der Waals surface area contributed by atoms with Gasteiger partial charge in [0.25, 0.3) is 0 Å². The van der Waals surface area contributed by atoms with Crippen LogP contribution in [0.4, 0.5) is 4.39 Å². The molecule has 0 unspecified atom stereocenters. The van der Waals surface area contributed by atoms with Gasteiger partial charge >= 0.3 is 0 Å². The minimum absolute atomic E-state index is 0.271. The van der Waals surface area contributed by atoms with Crippen molar-refractivity contribution >= 4 is 18.3 Å². The Labute approximate surface area is 114 Å². The van der Waals surface area contributed by atoms with E-state index in [1.54, 1.807) is 0 Å². The van der Waals surface area contributed by atoms with Crippen LogP contribution < -0.4 is 0 Å². The van der Waals surface area contributed by atoms with Crippen LogP contribution in [0.25, 0.3) is 0 Å². The molecule has 0 aliphatic rings. The van der Waals surface area contributed by atoms with Gasteiger partial charge in [-0.25, -0.2) is 4.39 Å². The van der Waals surface area contributed by atoms with Gasteiger partial charge in [0.05, 0.1) is 5.70 Å². The van der Waals surface area contributed by atoms with Crippen LogP contribution in [-0.4, -0.2) is 5.71 Å². The first-order chi connectivity index (χ1) is 8.49. The summed E-state index contributed by atoms with van der Waals surface area (Å²) < 4.78 is 13.1. The van der Waals surface area contributed by atoms with Gasteiger partial charge in [0, 0.05) is 10.6 Å². The minimum Gasteiger partial charge on any atom is -0.250 e. The summed E-state index contributed by atoms with van der Waals surface area (Å²) in [6, 6.07) is 5.96. The van der Waals surface area contributed by atoms with Crippen molar-refractivity contribution in [3.05, 3.63) is 53.5 Å². The number of thiol groups is 1. The van der Waals surface area contributed by atoms with Crippen molar-refractivity contribution in [2.24, 2.45) is 4.99 Å². The summed E-state index contributed by atoms with van der Waals surface area (Å²) in [5, 5.41) is 0. The van der Waals surface area contributed by atoms with Gasteiger partial charge < -0.3 is 0 Å². The number of hydrogen-bond donors (Lipinski definition) is 1. The second kappa shape index (κ2) is 6.55. The first-order valence-corrected chi connectivity index (χ1v) is 6.30. The van der Waals surface area contributed by atoms with Crippen molar-refractivity contribution in [1.29, 1.82) is 0 Å². The number of benzene rings is 1. The summed E-state index contributed by atoms with van der Waals surface area (Å²) >= 11 is 4.44. The average molecular weight is 263 g/mol. The van der Waals surface area contributed by atoms with E-state index in [0.29, 0.717) is 0 Å². The van der Waals surface area contributed by atoms with Crippen LogP contribution >= 0.6 is 12.6 Å². The van der Waals surface area contributed by atoms with Crippen molar-refractivity contribution in [2.45, 2.75) is 32.1 Å². The van der Waals surface area contributed by atoms with Crippen molar-refractivity contribution in [1.82, 2.24) is 0 Å². The summed E-state index contributed by atoms with van der Waals surface area (Å²) in [5.41, 5.74) is 3.15. The highest BCUT2D eigenvalue weighted by Crippen LogP contribution is 2.18. The molecule has 1 nitrogen and oxygen atoms in total. The Morgan fingerprint density at radius 1 is 1.44 bits per heavy atom. The number of hydrogen-bond acceptors (Lipinski definition) is 2. The Morgan fingerprint density at radius 3 is 2.56 bits per heavy atom. The highest BCUT2D eigenvalue weighted by atomic mass is 32.1. The molecular weight excluding hydrogens is 245 g/mol. The van der Waals surface area contributed by atoms with Crippen molar-refractivity contribution in [2.75, 3.05) is 0 Å². The third-order valence-corrected chi connectivity index (χ3v) is 3.13. The number of nitrogens with zero attached hydrogens (tertiary/aromatic N) is 1.